The highest BCUT2D eigenvalue weighted by Gasteiger charge is 2.31. The maximum Gasteiger partial charge on any atom is 0.240 e. The number of carbonyl (C=O) groups is 1. The van der Waals surface area contributed by atoms with E-state index in [1.54, 1.807) is 6.26 Å². The lowest BCUT2D eigenvalue weighted by Crippen LogP contribution is -2.42. The Morgan fingerprint density at radius 1 is 1.50 bits per heavy atom. The second-order valence-electron chi connectivity index (χ2n) is 6.63. The van der Waals surface area contributed by atoms with Crippen molar-refractivity contribution in [3.05, 3.63) is 35.9 Å². The summed E-state index contributed by atoms with van der Waals surface area (Å²) < 4.78 is 10.6. The van der Waals surface area contributed by atoms with Crippen LogP contribution in [0.4, 0.5) is 0 Å². The number of aromatic nitrogens is 2. The van der Waals surface area contributed by atoms with Crippen LogP contribution in [0.5, 0.6) is 0 Å². The SMILES string of the molecule is CC(C)Cc1noc(CN2CCCC2C(=O)NCc2ccco2)n1. The summed E-state index contributed by atoms with van der Waals surface area (Å²) in [5.41, 5.74) is 0. The highest BCUT2D eigenvalue weighted by Crippen LogP contribution is 2.20. The first-order chi connectivity index (χ1) is 11.6. The molecule has 2 aromatic rings. The van der Waals surface area contributed by atoms with E-state index in [9.17, 15) is 4.79 Å². The van der Waals surface area contributed by atoms with E-state index in [4.69, 9.17) is 8.94 Å². The molecule has 1 unspecified atom stereocenters. The minimum absolute atomic E-state index is 0.0193. The van der Waals surface area contributed by atoms with E-state index in [1.165, 1.54) is 0 Å². The lowest BCUT2D eigenvalue weighted by molar-refractivity contribution is -0.126. The van der Waals surface area contributed by atoms with Crippen LogP contribution in [0, 0.1) is 5.92 Å². The van der Waals surface area contributed by atoms with E-state index < -0.39 is 0 Å². The van der Waals surface area contributed by atoms with Crippen LogP contribution in [-0.2, 0) is 24.3 Å². The van der Waals surface area contributed by atoms with Gasteiger partial charge in [0.1, 0.15) is 5.76 Å². The van der Waals surface area contributed by atoms with Crippen LogP contribution in [0.2, 0.25) is 0 Å². The molecule has 1 fully saturated rings. The predicted octanol–water partition coefficient (Wildman–Crippen LogP) is 2.14. The molecule has 7 heteroatoms. The molecule has 130 valence electrons. The van der Waals surface area contributed by atoms with E-state index in [0.717, 1.165) is 37.4 Å². The van der Waals surface area contributed by atoms with Gasteiger partial charge in [-0.1, -0.05) is 19.0 Å². The van der Waals surface area contributed by atoms with Crippen molar-refractivity contribution < 1.29 is 13.7 Å². The van der Waals surface area contributed by atoms with Crippen LogP contribution in [0.25, 0.3) is 0 Å². The molecule has 1 saturated heterocycles. The molecule has 3 heterocycles. The Bertz CT molecular complexity index is 651. The number of rotatable bonds is 7. The minimum Gasteiger partial charge on any atom is -0.467 e. The number of furan rings is 1. The highest BCUT2D eigenvalue weighted by atomic mass is 16.5. The van der Waals surface area contributed by atoms with Gasteiger partial charge in [0.25, 0.3) is 0 Å². The topological polar surface area (TPSA) is 84.4 Å². The van der Waals surface area contributed by atoms with Crippen LogP contribution in [0.1, 0.15) is 44.2 Å². The summed E-state index contributed by atoms with van der Waals surface area (Å²) in [6, 6.07) is 3.51. The Balaban J connectivity index is 1.54. The number of amides is 1. The fourth-order valence-electron chi connectivity index (χ4n) is 2.99. The van der Waals surface area contributed by atoms with E-state index in [1.807, 2.05) is 12.1 Å². The molecule has 1 atom stereocenters. The first kappa shape index (κ1) is 16.7. The molecule has 1 N–H and O–H groups in total. The Kier molecular flexibility index (Phi) is 5.30. The first-order valence-corrected chi connectivity index (χ1v) is 8.47. The molecular formula is C17H24N4O3. The largest absolute Gasteiger partial charge is 0.467 e. The van der Waals surface area contributed by atoms with Crippen LogP contribution in [0.3, 0.4) is 0 Å². The van der Waals surface area contributed by atoms with Crippen molar-refractivity contribution >= 4 is 5.91 Å². The van der Waals surface area contributed by atoms with Gasteiger partial charge >= 0.3 is 0 Å². The fraction of sp³-hybridized carbons (Fsp3) is 0.588. The van der Waals surface area contributed by atoms with E-state index in [-0.39, 0.29) is 11.9 Å². The van der Waals surface area contributed by atoms with E-state index >= 15 is 0 Å². The first-order valence-electron chi connectivity index (χ1n) is 8.47. The molecule has 1 amide bonds. The molecule has 0 aromatic carbocycles. The predicted molar refractivity (Wildman–Crippen MR) is 86.8 cm³/mol. The average Bonchev–Trinajstić information content (AvgIpc) is 3.26. The smallest absolute Gasteiger partial charge is 0.240 e. The number of likely N-dealkylation sites (tertiary alicyclic amines) is 1. The van der Waals surface area contributed by atoms with Gasteiger partial charge in [-0.05, 0) is 37.4 Å². The number of hydrogen-bond acceptors (Lipinski definition) is 6. The van der Waals surface area contributed by atoms with Crippen molar-refractivity contribution in [2.45, 2.75) is 52.2 Å². The summed E-state index contributed by atoms with van der Waals surface area (Å²) in [4.78, 5) is 19.0. The Hall–Kier alpha value is -2.15. The average molecular weight is 332 g/mol. The molecule has 0 bridgehead atoms. The van der Waals surface area contributed by atoms with E-state index in [0.29, 0.717) is 24.9 Å². The fourth-order valence-corrected chi connectivity index (χ4v) is 2.99. The normalized spacial score (nSPS) is 18.4. The monoisotopic (exact) mass is 332 g/mol. The summed E-state index contributed by atoms with van der Waals surface area (Å²) in [7, 11) is 0. The minimum atomic E-state index is -0.152. The molecule has 24 heavy (non-hydrogen) atoms. The van der Waals surface area contributed by atoms with Gasteiger partial charge in [-0.15, -0.1) is 0 Å². The van der Waals surface area contributed by atoms with Crippen LogP contribution < -0.4 is 5.32 Å². The summed E-state index contributed by atoms with van der Waals surface area (Å²) in [5, 5.41) is 6.95. The van der Waals surface area contributed by atoms with Crippen molar-refractivity contribution in [3.8, 4) is 0 Å². The standard InChI is InChI=1S/C17H24N4O3/c1-12(2)9-15-19-16(24-20-15)11-21-7-3-6-14(21)17(22)18-10-13-5-4-8-23-13/h4-5,8,12,14H,3,6-7,9-11H2,1-2H3,(H,18,22). The third kappa shape index (κ3) is 4.23. The second-order valence-corrected chi connectivity index (χ2v) is 6.63. The van der Waals surface area contributed by atoms with Crippen molar-refractivity contribution in [3.63, 3.8) is 0 Å². The zero-order valence-corrected chi connectivity index (χ0v) is 14.2. The molecule has 2 aromatic heterocycles. The van der Waals surface area contributed by atoms with Crippen LogP contribution >= 0.6 is 0 Å². The Labute approximate surface area is 141 Å². The van der Waals surface area contributed by atoms with Crippen molar-refractivity contribution in [1.82, 2.24) is 20.4 Å². The summed E-state index contributed by atoms with van der Waals surface area (Å²) in [6.45, 7) is 6.03. The van der Waals surface area contributed by atoms with Gasteiger partial charge in [0.2, 0.25) is 11.8 Å². The summed E-state index contributed by atoms with van der Waals surface area (Å²) in [6.07, 6.45) is 4.24. The molecule has 0 spiro atoms. The number of hydrogen-bond donors (Lipinski definition) is 1. The molecule has 7 nitrogen and oxygen atoms in total. The summed E-state index contributed by atoms with van der Waals surface area (Å²) >= 11 is 0. The lowest BCUT2D eigenvalue weighted by Gasteiger charge is -2.21. The van der Waals surface area contributed by atoms with Gasteiger partial charge in [-0.2, -0.15) is 4.98 Å². The highest BCUT2D eigenvalue weighted by molar-refractivity contribution is 5.81. The van der Waals surface area contributed by atoms with Crippen molar-refractivity contribution in [2.75, 3.05) is 6.54 Å². The van der Waals surface area contributed by atoms with Gasteiger partial charge < -0.3 is 14.3 Å². The van der Waals surface area contributed by atoms with Crippen LogP contribution in [-0.4, -0.2) is 33.5 Å². The molecule has 0 saturated carbocycles. The van der Waals surface area contributed by atoms with E-state index in [2.05, 4.69) is 34.2 Å². The lowest BCUT2D eigenvalue weighted by atomic mass is 10.1. The zero-order valence-electron chi connectivity index (χ0n) is 14.2. The van der Waals surface area contributed by atoms with Crippen LogP contribution in [0.15, 0.2) is 27.3 Å². The molecule has 0 radical (unpaired) electrons. The molecule has 3 rings (SSSR count). The summed E-state index contributed by atoms with van der Waals surface area (Å²) in [5.74, 6) is 2.57. The molecule has 0 aliphatic carbocycles. The number of nitrogens with one attached hydrogen (secondary N) is 1. The quantitative estimate of drug-likeness (QED) is 0.836. The third-order valence-corrected chi connectivity index (χ3v) is 4.12. The van der Waals surface area contributed by atoms with Crippen molar-refractivity contribution in [1.29, 1.82) is 0 Å². The number of nitrogens with zero attached hydrogens (tertiary/aromatic N) is 3. The van der Waals surface area contributed by atoms with Crippen molar-refractivity contribution in [2.24, 2.45) is 5.92 Å². The second kappa shape index (κ2) is 7.61. The van der Waals surface area contributed by atoms with Gasteiger partial charge in [-0.3, -0.25) is 9.69 Å². The molecule has 1 aliphatic heterocycles. The zero-order chi connectivity index (χ0) is 16.9. The van der Waals surface area contributed by atoms with Gasteiger partial charge in [0.05, 0.1) is 25.4 Å². The Morgan fingerprint density at radius 2 is 2.38 bits per heavy atom. The maximum absolute atomic E-state index is 12.4. The van der Waals surface area contributed by atoms with Gasteiger partial charge in [-0.25, -0.2) is 0 Å². The number of carbonyl (C=O) groups excluding carboxylic acids is 1. The molecule has 1 aliphatic rings. The molecular weight excluding hydrogens is 308 g/mol. The maximum atomic E-state index is 12.4. The van der Waals surface area contributed by atoms with Gasteiger partial charge in [0, 0.05) is 6.42 Å². The Morgan fingerprint density at radius 3 is 3.12 bits per heavy atom. The van der Waals surface area contributed by atoms with Gasteiger partial charge in [0.15, 0.2) is 5.82 Å². The third-order valence-electron chi connectivity index (χ3n) is 4.12.